The van der Waals surface area contributed by atoms with E-state index in [0.717, 1.165) is 46.0 Å². The topological polar surface area (TPSA) is 46.5 Å². The fraction of sp³-hybridized carbons (Fsp3) is 0.375. The second-order valence-electron chi connectivity index (χ2n) is 5.64. The molecule has 0 aliphatic carbocycles. The van der Waals surface area contributed by atoms with Crippen molar-refractivity contribution in [2.75, 3.05) is 17.8 Å². The summed E-state index contributed by atoms with van der Waals surface area (Å²) in [6, 6.07) is 5.22. The summed E-state index contributed by atoms with van der Waals surface area (Å²) >= 11 is 3.68. The number of aromatic nitrogens is 4. The Morgan fingerprint density at radius 3 is 3.17 bits per heavy atom. The van der Waals surface area contributed by atoms with E-state index in [4.69, 9.17) is 10.1 Å². The number of H-pyrrole nitrogens is 1. The number of hydrogen-bond donors (Lipinski definition) is 1. The van der Waals surface area contributed by atoms with E-state index in [1.54, 1.807) is 11.8 Å². The number of nitrogens with one attached hydrogen (secondary N) is 1. The van der Waals surface area contributed by atoms with Gasteiger partial charge in [0.1, 0.15) is 5.82 Å². The summed E-state index contributed by atoms with van der Waals surface area (Å²) in [5.74, 6) is 4.56. The molecule has 4 rings (SSSR count). The highest BCUT2D eigenvalue weighted by atomic mass is 32.2. The van der Waals surface area contributed by atoms with E-state index < -0.39 is 0 Å². The maximum Gasteiger partial charge on any atom is 0.161 e. The van der Waals surface area contributed by atoms with Crippen LogP contribution < -0.4 is 0 Å². The van der Waals surface area contributed by atoms with Gasteiger partial charge in [0.25, 0.3) is 0 Å². The van der Waals surface area contributed by atoms with Gasteiger partial charge in [-0.3, -0.25) is 0 Å². The summed E-state index contributed by atoms with van der Waals surface area (Å²) in [4.78, 5) is 7.92. The third-order valence-electron chi connectivity index (χ3n) is 4.08. The Morgan fingerprint density at radius 2 is 2.39 bits per heavy atom. The number of rotatable bonds is 4. The van der Waals surface area contributed by atoms with Crippen molar-refractivity contribution in [2.45, 2.75) is 18.2 Å². The van der Waals surface area contributed by atoms with Crippen LogP contribution in [0.1, 0.15) is 18.3 Å². The SMILES string of the molecule is CSCc1nc(-c2c[nH]c3cc(F)ccc23)n(C2CCSC2)n1. The Labute approximate surface area is 142 Å². The molecule has 3 heterocycles. The van der Waals surface area contributed by atoms with E-state index in [1.165, 1.54) is 17.9 Å². The molecule has 0 saturated carbocycles. The van der Waals surface area contributed by atoms with Gasteiger partial charge in [-0.1, -0.05) is 0 Å². The molecule has 4 nitrogen and oxygen atoms in total. The summed E-state index contributed by atoms with van der Waals surface area (Å²) < 4.78 is 15.5. The Kier molecular flexibility index (Phi) is 4.07. The maximum absolute atomic E-state index is 13.4. The van der Waals surface area contributed by atoms with E-state index in [2.05, 4.69) is 15.9 Å². The van der Waals surface area contributed by atoms with Crippen LogP contribution in [-0.4, -0.2) is 37.5 Å². The van der Waals surface area contributed by atoms with Gasteiger partial charge in [0.05, 0.1) is 11.8 Å². The van der Waals surface area contributed by atoms with Gasteiger partial charge in [-0.2, -0.15) is 28.6 Å². The number of hydrogen-bond acceptors (Lipinski definition) is 4. The van der Waals surface area contributed by atoms with E-state index in [0.29, 0.717) is 6.04 Å². The zero-order chi connectivity index (χ0) is 15.8. The molecule has 1 atom stereocenters. The molecule has 23 heavy (non-hydrogen) atoms. The summed E-state index contributed by atoms with van der Waals surface area (Å²) in [5.41, 5.74) is 1.79. The van der Waals surface area contributed by atoms with Crippen molar-refractivity contribution in [1.29, 1.82) is 0 Å². The molecule has 0 amide bonds. The van der Waals surface area contributed by atoms with Crippen LogP contribution in [0.15, 0.2) is 24.4 Å². The largest absolute Gasteiger partial charge is 0.360 e. The Balaban J connectivity index is 1.85. The number of benzene rings is 1. The first-order valence-electron chi connectivity index (χ1n) is 7.55. The third-order valence-corrected chi connectivity index (χ3v) is 5.78. The monoisotopic (exact) mass is 348 g/mol. The molecule has 1 aliphatic heterocycles. The zero-order valence-electron chi connectivity index (χ0n) is 12.8. The molecule has 0 radical (unpaired) electrons. The lowest BCUT2D eigenvalue weighted by atomic mass is 10.1. The van der Waals surface area contributed by atoms with Crippen molar-refractivity contribution in [3.63, 3.8) is 0 Å². The van der Waals surface area contributed by atoms with Crippen molar-refractivity contribution >= 4 is 34.4 Å². The second kappa shape index (κ2) is 6.20. The van der Waals surface area contributed by atoms with E-state index in [-0.39, 0.29) is 5.82 Å². The third kappa shape index (κ3) is 2.76. The van der Waals surface area contributed by atoms with Crippen molar-refractivity contribution < 1.29 is 4.39 Å². The predicted octanol–water partition coefficient (Wildman–Crippen LogP) is 4.11. The van der Waals surface area contributed by atoms with Gasteiger partial charge in [0, 0.05) is 28.4 Å². The molecule has 1 N–H and O–H groups in total. The minimum Gasteiger partial charge on any atom is -0.360 e. The summed E-state index contributed by atoms with van der Waals surface area (Å²) in [5, 5.41) is 5.73. The van der Waals surface area contributed by atoms with Crippen LogP contribution in [0.2, 0.25) is 0 Å². The maximum atomic E-state index is 13.4. The van der Waals surface area contributed by atoms with Gasteiger partial charge in [0.2, 0.25) is 0 Å². The minimum absolute atomic E-state index is 0.234. The Hall–Kier alpha value is -1.47. The van der Waals surface area contributed by atoms with Crippen LogP contribution in [0.4, 0.5) is 4.39 Å². The van der Waals surface area contributed by atoms with Crippen LogP contribution in [-0.2, 0) is 5.75 Å². The predicted molar refractivity (Wildman–Crippen MR) is 95.5 cm³/mol. The summed E-state index contributed by atoms with van der Waals surface area (Å²) in [7, 11) is 0. The quantitative estimate of drug-likeness (QED) is 0.771. The van der Waals surface area contributed by atoms with Gasteiger partial charge >= 0.3 is 0 Å². The lowest BCUT2D eigenvalue weighted by molar-refractivity contribution is 0.504. The number of nitrogens with zero attached hydrogens (tertiary/aromatic N) is 3. The highest BCUT2D eigenvalue weighted by Gasteiger charge is 2.24. The van der Waals surface area contributed by atoms with Gasteiger partial charge in [-0.25, -0.2) is 14.1 Å². The number of thioether (sulfide) groups is 2. The molecule has 3 aromatic rings. The summed E-state index contributed by atoms with van der Waals surface area (Å²) in [6.45, 7) is 0. The van der Waals surface area contributed by atoms with E-state index in [9.17, 15) is 4.39 Å². The second-order valence-corrected chi connectivity index (χ2v) is 7.65. The molecular weight excluding hydrogens is 331 g/mol. The first-order valence-corrected chi connectivity index (χ1v) is 10.1. The minimum atomic E-state index is -0.234. The normalized spacial score (nSPS) is 18.1. The molecule has 1 aromatic carbocycles. The summed E-state index contributed by atoms with van der Waals surface area (Å²) in [6.07, 6.45) is 5.09. The van der Waals surface area contributed by atoms with Crippen molar-refractivity contribution in [3.8, 4) is 11.4 Å². The van der Waals surface area contributed by atoms with Crippen molar-refractivity contribution in [1.82, 2.24) is 19.7 Å². The van der Waals surface area contributed by atoms with Gasteiger partial charge in [-0.15, -0.1) is 0 Å². The number of aromatic amines is 1. The van der Waals surface area contributed by atoms with Gasteiger partial charge in [0.15, 0.2) is 11.6 Å². The average Bonchev–Trinajstić information content (AvgIpc) is 3.25. The number of fused-ring (bicyclic) bond motifs is 1. The molecule has 0 bridgehead atoms. The number of halogens is 1. The molecule has 120 valence electrons. The standard InChI is InChI=1S/C16H17FN4S2/c1-22-9-15-19-16(21(20-15)11-4-5-23-8-11)13-7-18-14-6-10(17)2-3-12(13)14/h2-3,6-7,11,18H,4-5,8-9H2,1H3. The molecule has 2 aromatic heterocycles. The molecule has 7 heteroatoms. The Morgan fingerprint density at radius 1 is 1.48 bits per heavy atom. The molecule has 1 fully saturated rings. The van der Waals surface area contributed by atoms with Gasteiger partial charge < -0.3 is 4.98 Å². The fourth-order valence-corrected chi connectivity index (χ4v) is 4.56. The lowest BCUT2D eigenvalue weighted by Gasteiger charge is -2.11. The van der Waals surface area contributed by atoms with E-state index in [1.807, 2.05) is 24.0 Å². The highest BCUT2D eigenvalue weighted by Crippen LogP contribution is 2.34. The van der Waals surface area contributed by atoms with Crippen LogP contribution >= 0.6 is 23.5 Å². The van der Waals surface area contributed by atoms with Crippen LogP contribution in [0.3, 0.4) is 0 Å². The smallest absolute Gasteiger partial charge is 0.161 e. The fourth-order valence-electron chi connectivity index (χ4n) is 2.99. The van der Waals surface area contributed by atoms with E-state index >= 15 is 0 Å². The molecule has 1 unspecified atom stereocenters. The van der Waals surface area contributed by atoms with Crippen LogP contribution in [0.5, 0.6) is 0 Å². The first kappa shape index (κ1) is 15.1. The average molecular weight is 348 g/mol. The highest BCUT2D eigenvalue weighted by molar-refractivity contribution is 7.99. The van der Waals surface area contributed by atoms with Crippen LogP contribution in [0.25, 0.3) is 22.3 Å². The first-order chi connectivity index (χ1) is 11.3. The van der Waals surface area contributed by atoms with Crippen molar-refractivity contribution in [3.05, 3.63) is 36.0 Å². The zero-order valence-corrected chi connectivity index (χ0v) is 14.4. The van der Waals surface area contributed by atoms with Crippen LogP contribution in [0, 0.1) is 5.82 Å². The van der Waals surface area contributed by atoms with Gasteiger partial charge in [-0.05, 0) is 36.6 Å². The molecule has 1 aliphatic rings. The molecular formula is C16H17FN4S2. The molecule has 0 spiro atoms. The lowest BCUT2D eigenvalue weighted by Crippen LogP contribution is -2.11. The van der Waals surface area contributed by atoms with Crippen molar-refractivity contribution in [2.24, 2.45) is 0 Å². The Bertz CT molecular complexity index is 836. The molecule has 1 saturated heterocycles.